The molecular formula is C10H13ClFNO2S. The third-order valence-corrected chi connectivity index (χ3v) is 4.05. The lowest BCUT2D eigenvalue weighted by Crippen LogP contribution is -2.32. The molecule has 0 radical (unpaired) electrons. The van der Waals surface area contributed by atoms with E-state index in [0.29, 0.717) is 6.42 Å². The molecule has 0 fully saturated rings. The van der Waals surface area contributed by atoms with Crippen LogP contribution in [0.25, 0.3) is 0 Å². The predicted molar refractivity (Wildman–Crippen MR) is 61.5 cm³/mol. The molecule has 3 nitrogen and oxygen atoms in total. The Balaban J connectivity index is 3.03. The molecule has 16 heavy (non-hydrogen) atoms. The molecule has 0 saturated heterocycles. The molecule has 1 aromatic carbocycles. The summed E-state index contributed by atoms with van der Waals surface area (Å²) in [5.74, 6) is -0.635. The van der Waals surface area contributed by atoms with Crippen molar-refractivity contribution in [3.05, 3.63) is 29.0 Å². The zero-order valence-corrected chi connectivity index (χ0v) is 10.6. The Kier molecular flexibility index (Phi) is 4.29. The molecule has 1 aromatic rings. The molecule has 0 heterocycles. The van der Waals surface area contributed by atoms with Crippen molar-refractivity contribution in [2.24, 2.45) is 0 Å². The Hall–Kier alpha value is -0.650. The van der Waals surface area contributed by atoms with Crippen LogP contribution in [0.5, 0.6) is 0 Å². The third-order valence-electron chi connectivity index (χ3n) is 2.17. The first-order chi connectivity index (χ1) is 7.36. The van der Waals surface area contributed by atoms with Crippen LogP contribution in [0.4, 0.5) is 4.39 Å². The second-order valence-corrected chi connectivity index (χ2v) is 5.63. The summed E-state index contributed by atoms with van der Waals surface area (Å²) in [6.07, 6.45) is 0.675. The number of hydrogen-bond acceptors (Lipinski definition) is 2. The fourth-order valence-electron chi connectivity index (χ4n) is 1.06. The van der Waals surface area contributed by atoms with Crippen molar-refractivity contribution in [2.75, 3.05) is 0 Å². The molecule has 0 unspecified atom stereocenters. The third kappa shape index (κ3) is 3.17. The summed E-state index contributed by atoms with van der Waals surface area (Å²) in [4.78, 5) is -0.0285. The van der Waals surface area contributed by atoms with Crippen molar-refractivity contribution in [3.63, 3.8) is 0 Å². The van der Waals surface area contributed by atoms with Crippen molar-refractivity contribution in [3.8, 4) is 0 Å². The lowest BCUT2D eigenvalue weighted by atomic mass is 10.3. The molecule has 0 aliphatic carbocycles. The maximum absolute atomic E-state index is 12.9. The molecule has 0 amide bonds. The van der Waals surface area contributed by atoms with Gasteiger partial charge < -0.3 is 0 Å². The predicted octanol–water partition coefficient (Wildman–Crippen LogP) is 2.56. The number of halogens is 2. The lowest BCUT2D eigenvalue weighted by Gasteiger charge is -2.12. The van der Waals surface area contributed by atoms with Crippen LogP contribution in [0.15, 0.2) is 23.1 Å². The molecule has 0 spiro atoms. The van der Waals surface area contributed by atoms with Crippen molar-refractivity contribution in [1.29, 1.82) is 0 Å². The van der Waals surface area contributed by atoms with Crippen LogP contribution in [-0.4, -0.2) is 14.5 Å². The normalized spacial score (nSPS) is 13.8. The average Bonchev–Trinajstić information content (AvgIpc) is 2.21. The van der Waals surface area contributed by atoms with E-state index in [1.807, 2.05) is 6.92 Å². The number of benzene rings is 1. The van der Waals surface area contributed by atoms with E-state index >= 15 is 0 Å². The van der Waals surface area contributed by atoms with Crippen molar-refractivity contribution >= 4 is 21.6 Å². The van der Waals surface area contributed by atoms with Crippen LogP contribution in [0.1, 0.15) is 20.3 Å². The first-order valence-electron chi connectivity index (χ1n) is 4.84. The quantitative estimate of drug-likeness (QED) is 0.909. The number of hydrogen-bond donors (Lipinski definition) is 1. The van der Waals surface area contributed by atoms with Gasteiger partial charge in [-0.3, -0.25) is 0 Å². The first kappa shape index (κ1) is 13.4. The lowest BCUT2D eigenvalue weighted by molar-refractivity contribution is 0.555. The number of nitrogens with one attached hydrogen (secondary N) is 1. The summed E-state index contributed by atoms with van der Waals surface area (Å²) in [5, 5.41) is -0.202. The highest BCUT2D eigenvalue weighted by atomic mass is 35.5. The van der Waals surface area contributed by atoms with Gasteiger partial charge in [0.25, 0.3) is 0 Å². The number of rotatable bonds is 4. The fourth-order valence-corrected chi connectivity index (χ4v) is 2.66. The minimum Gasteiger partial charge on any atom is -0.208 e. The Morgan fingerprint density at radius 2 is 2.12 bits per heavy atom. The van der Waals surface area contributed by atoms with E-state index in [1.54, 1.807) is 6.92 Å². The fraction of sp³-hybridized carbons (Fsp3) is 0.400. The second kappa shape index (κ2) is 5.12. The topological polar surface area (TPSA) is 46.2 Å². The van der Waals surface area contributed by atoms with Crippen LogP contribution in [0, 0.1) is 5.82 Å². The summed E-state index contributed by atoms with van der Waals surface area (Å²) in [6, 6.07) is 3.15. The Bertz CT molecular complexity index is 476. The van der Waals surface area contributed by atoms with Gasteiger partial charge in [-0.1, -0.05) is 18.5 Å². The van der Waals surface area contributed by atoms with Crippen molar-refractivity contribution in [1.82, 2.24) is 4.72 Å². The van der Waals surface area contributed by atoms with Gasteiger partial charge in [-0.15, -0.1) is 0 Å². The van der Waals surface area contributed by atoms with Crippen LogP contribution in [0.3, 0.4) is 0 Å². The Labute approximate surface area is 99.7 Å². The maximum Gasteiger partial charge on any atom is 0.240 e. The monoisotopic (exact) mass is 265 g/mol. The van der Waals surface area contributed by atoms with Gasteiger partial charge in [0.05, 0.1) is 9.92 Å². The van der Waals surface area contributed by atoms with E-state index in [2.05, 4.69) is 4.72 Å². The molecular weight excluding hydrogens is 253 g/mol. The van der Waals surface area contributed by atoms with E-state index in [1.165, 1.54) is 6.07 Å². The van der Waals surface area contributed by atoms with E-state index < -0.39 is 15.8 Å². The van der Waals surface area contributed by atoms with Crippen LogP contribution in [0.2, 0.25) is 5.02 Å². The number of sulfonamides is 1. The van der Waals surface area contributed by atoms with Gasteiger partial charge in [-0.25, -0.2) is 17.5 Å². The molecule has 0 aromatic heterocycles. The standard InChI is InChI=1S/C10H13ClFNO2S/c1-3-7(2)13-16(14,15)8-4-5-10(12)9(11)6-8/h4-7,13H,3H2,1-2H3/t7-/m1/s1. The summed E-state index contributed by atoms with van der Waals surface area (Å²) in [6.45, 7) is 3.62. The van der Waals surface area contributed by atoms with Gasteiger partial charge in [0, 0.05) is 6.04 Å². The highest BCUT2D eigenvalue weighted by Gasteiger charge is 2.17. The van der Waals surface area contributed by atoms with E-state index in [4.69, 9.17) is 11.6 Å². The van der Waals surface area contributed by atoms with Crippen molar-refractivity contribution in [2.45, 2.75) is 31.2 Å². The molecule has 1 atom stereocenters. The zero-order chi connectivity index (χ0) is 12.3. The van der Waals surface area contributed by atoms with Gasteiger partial charge in [0.1, 0.15) is 5.82 Å². The van der Waals surface area contributed by atoms with Gasteiger partial charge in [-0.05, 0) is 31.5 Å². The minimum absolute atomic E-state index is 0.0285. The highest BCUT2D eigenvalue weighted by molar-refractivity contribution is 7.89. The molecule has 90 valence electrons. The first-order valence-corrected chi connectivity index (χ1v) is 6.70. The zero-order valence-electron chi connectivity index (χ0n) is 9.00. The summed E-state index contributed by atoms with van der Waals surface area (Å²) >= 11 is 5.52. The molecule has 1 rings (SSSR count). The molecule has 0 aliphatic heterocycles. The van der Waals surface area contributed by atoms with E-state index in [9.17, 15) is 12.8 Å². The highest BCUT2D eigenvalue weighted by Crippen LogP contribution is 2.19. The van der Waals surface area contributed by atoms with Gasteiger partial charge in [0.15, 0.2) is 0 Å². The SMILES string of the molecule is CC[C@@H](C)NS(=O)(=O)c1ccc(F)c(Cl)c1. The summed E-state index contributed by atoms with van der Waals surface area (Å²) in [5.41, 5.74) is 0. The van der Waals surface area contributed by atoms with Crippen LogP contribution in [-0.2, 0) is 10.0 Å². The summed E-state index contributed by atoms with van der Waals surface area (Å²) in [7, 11) is -3.61. The molecule has 0 aliphatic rings. The molecule has 0 bridgehead atoms. The summed E-state index contributed by atoms with van der Waals surface area (Å²) < 4.78 is 38.9. The van der Waals surface area contributed by atoms with E-state index in [-0.39, 0.29) is 16.0 Å². The van der Waals surface area contributed by atoms with E-state index in [0.717, 1.165) is 12.1 Å². The van der Waals surface area contributed by atoms with Gasteiger partial charge >= 0.3 is 0 Å². The smallest absolute Gasteiger partial charge is 0.208 e. The van der Waals surface area contributed by atoms with Gasteiger partial charge in [0.2, 0.25) is 10.0 Å². The Morgan fingerprint density at radius 3 is 2.62 bits per heavy atom. The largest absolute Gasteiger partial charge is 0.240 e. The van der Waals surface area contributed by atoms with Crippen molar-refractivity contribution < 1.29 is 12.8 Å². The molecule has 1 N–H and O–H groups in total. The van der Waals surface area contributed by atoms with Gasteiger partial charge in [-0.2, -0.15) is 0 Å². The van der Waals surface area contributed by atoms with Crippen LogP contribution < -0.4 is 4.72 Å². The van der Waals surface area contributed by atoms with Crippen LogP contribution >= 0.6 is 11.6 Å². The second-order valence-electron chi connectivity index (χ2n) is 3.51. The molecule has 6 heteroatoms. The minimum atomic E-state index is -3.61. The maximum atomic E-state index is 12.9. The molecule has 0 saturated carbocycles. The average molecular weight is 266 g/mol. The Morgan fingerprint density at radius 1 is 1.50 bits per heavy atom.